The Hall–Kier alpha value is -0.500. The zero-order valence-electron chi connectivity index (χ0n) is 9.40. The first-order chi connectivity index (χ1) is 6.81. The summed E-state index contributed by atoms with van der Waals surface area (Å²) in [5.74, 6) is -1.20. The van der Waals surface area contributed by atoms with Crippen LogP contribution in [-0.2, 0) is 9.36 Å². The summed E-state index contributed by atoms with van der Waals surface area (Å²) in [6.07, 6.45) is -1.09. The van der Waals surface area contributed by atoms with Gasteiger partial charge in [-0.15, -0.1) is 0 Å². The second kappa shape index (κ2) is 6.95. The summed E-state index contributed by atoms with van der Waals surface area (Å²) in [5.41, 5.74) is 0. The van der Waals surface area contributed by atoms with Gasteiger partial charge in [-0.3, -0.25) is 0 Å². The molecule has 0 amide bonds. The summed E-state index contributed by atoms with van der Waals surface area (Å²) < 4.78 is 9.43. The maximum absolute atomic E-state index is 10.0. The molecular weight excluding hydrogens is 241 g/mol. The Morgan fingerprint density at radius 3 is 1.81 bits per heavy atom. The second-order valence-corrected chi connectivity index (χ2v) is 5.24. The number of carbonyl (C=O) groups is 1. The van der Waals surface area contributed by atoms with Gasteiger partial charge < -0.3 is 34.2 Å². The van der Waals surface area contributed by atoms with Gasteiger partial charge in [0.15, 0.2) is 0 Å². The van der Waals surface area contributed by atoms with Crippen LogP contribution in [0.25, 0.3) is 0 Å². The number of nitrogens with zero attached hydrogens (tertiary/aromatic N) is 1. The van der Waals surface area contributed by atoms with Crippen molar-refractivity contribution in [3.05, 3.63) is 0 Å². The molecule has 0 rings (SSSR count). The zero-order chi connectivity index (χ0) is 13.6. The van der Waals surface area contributed by atoms with Crippen LogP contribution >= 0.6 is 7.82 Å². The summed E-state index contributed by atoms with van der Waals surface area (Å²) >= 11 is 0. The average Bonchev–Trinajstić information content (AvgIpc) is 1.72. The zero-order valence-corrected chi connectivity index (χ0v) is 10.3. The minimum Gasteiger partial charge on any atom is -0.550 e. The van der Waals surface area contributed by atoms with Gasteiger partial charge in [-0.2, -0.15) is 0 Å². The van der Waals surface area contributed by atoms with E-state index in [0.29, 0.717) is 11.0 Å². The van der Waals surface area contributed by atoms with Gasteiger partial charge >= 0.3 is 7.82 Å². The third-order valence-electron chi connectivity index (χ3n) is 1.16. The number of carboxylic acid groups (broad SMARTS) is 1. The van der Waals surface area contributed by atoms with Crippen molar-refractivity contribution < 1.29 is 38.7 Å². The Kier molecular flexibility index (Phi) is 7.77. The third-order valence-corrected chi connectivity index (χ3v) is 1.16. The van der Waals surface area contributed by atoms with Crippen molar-refractivity contribution in [3.63, 3.8) is 0 Å². The first-order valence-electron chi connectivity index (χ1n) is 4.28. The Balaban J connectivity index is 0. The van der Waals surface area contributed by atoms with Gasteiger partial charge in [0.2, 0.25) is 0 Å². The number of aliphatic carboxylic acids is 1. The number of carboxylic acids is 1. The van der Waals surface area contributed by atoms with Gasteiger partial charge in [-0.05, 0) is 0 Å². The molecule has 0 unspecified atom stereocenters. The highest BCUT2D eigenvalue weighted by Gasteiger charge is 2.14. The van der Waals surface area contributed by atoms with E-state index in [2.05, 4.69) is 0 Å². The quantitative estimate of drug-likeness (QED) is 0.317. The molecule has 0 saturated carbocycles. The fraction of sp³-hybridized carbons (Fsp3) is 0.857. The maximum Gasteiger partial charge on any atom is 0.466 e. The van der Waals surface area contributed by atoms with Crippen molar-refractivity contribution in [2.45, 2.75) is 12.5 Å². The lowest BCUT2D eigenvalue weighted by Crippen LogP contribution is -2.43. The van der Waals surface area contributed by atoms with Gasteiger partial charge in [-0.25, -0.2) is 4.57 Å². The van der Waals surface area contributed by atoms with Gasteiger partial charge in [0.25, 0.3) is 0 Å². The van der Waals surface area contributed by atoms with E-state index >= 15 is 0 Å². The number of rotatable bonds is 4. The number of hydrogen-bond acceptors (Lipinski definition) is 4. The highest BCUT2D eigenvalue weighted by molar-refractivity contribution is 7.45. The van der Waals surface area contributed by atoms with E-state index < -0.39 is 19.9 Å². The highest BCUT2D eigenvalue weighted by atomic mass is 31.2. The Morgan fingerprint density at radius 2 is 1.62 bits per heavy atom. The molecule has 98 valence electrons. The SMILES string of the molecule is C[N+](C)(C)C[C@H](O)CC(=O)[O-].O=P(O)(O)O. The van der Waals surface area contributed by atoms with Crippen LogP contribution in [0, 0.1) is 0 Å². The molecule has 4 N–H and O–H groups in total. The number of aliphatic hydroxyl groups is 1. The van der Waals surface area contributed by atoms with Gasteiger partial charge in [0.05, 0.1) is 21.1 Å². The molecule has 0 spiro atoms. The molecule has 0 aliphatic heterocycles. The van der Waals surface area contributed by atoms with Crippen LogP contribution in [0.2, 0.25) is 0 Å². The van der Waals surface area contributed by atoms with E-state index in [9.17, 15) is 9.90 Å². The van der Waals surface area contributed by atoms with Crippen molar-refractivity contribution >= 4 is 13.8 Å². The predicted octanol–water partition coefficient (Wildman–Crippen LogP) is -2.74. The van der Waals surface area contributed by atoms with Gasteiger partial charge in [-0.1, -0.05) is 0 Å². The van der Waals surface area contributed by atoms with Crippen molar-refractivity contribution in [1.82, 2.24) is 0 Å². The fourth-order valence-corrected chi connectivity index (χ4v) is 0.889. The number of phosphoric acid groups is 1. The number of carbonyl (C=O) groups excluding carboxylic acids is 1. The fourth-order valence-electron chi connectivity index (χ4n) is 0.889. The normalized spacial score (nSPS) is 13.7. The molecular formula is C7H18NO7P. The predicted molar refractivity (Wildman–Crippen MR) is 52.8 cm³/mol. The molecule has 1 atom stereocenters. The van der Waals surface area contributed by atoms with E-state index in [1.54, 1.807) is 0 Å². The molecule has 0 aromatic carbocycles. The molecule has 0 bridgehead atoms. The minimum absolute atomic E-state index is 0.282. The van der Waals surface area contributed by atoms with Crippen LogP contribution in [0.4, 0.5) is 0 Å². The largest absolute Gasteiger partial charge is 0.550 e. The van der Waals surface area contributed by atoms with Crippen LogP contribution in [0.15, 0.2) is 0 Å². The minimum atomic E-state index is -4.64. The molecule has 0 aromatic rings. The first kappa shape index (κ1) is 17.9. The topological polar surface area (TPSA) is 138 Å². The molecule has 0 aliphatic carbocycles. The Bertz CT molecular complexity index is 248. The van der Waals surface area contributed by atoms with E-state index in [-0.39, 0.29) is 6.42 Å². The third kappa shape index (κ3) is 29.2. The second-order valence-electron chi connectivity index (χ2n) is 4.22. The number of likely N-dealkylation sites (N-methyl/N-ethyl adjacent to an activating group) is 1. The number of quaternary nitrogens is 1. The summed E-state index contributed by atoms with van der Waals surface area (Å²) in [5, 5.41) is 19.1. The smallest absolute Gasteiger partial charge is 0.466 e. The lowest BCUT2D eigenvalue weighted by molar-refractivity contribution is -0.873. The molecule has 16 heavy (non-hydrogen) atoms. The summed E-state index contributed by atoms with van der Waals surface area (Å²) in [7, 11) is 1.02. The summed E-state index contributed by atoms with van der Waals surface area (Å²) in [6, 6.07) is 0. The molecule has 0 saturated heterocycles. The molecule has 0 fully saturated rings. The Labute approximate surface area is 93.6 Å². The monoisotopic (exact) mass is 259 g/mol. The van der Waals surface area contributed by atoms with Crippen molar-refractivity contribution in [2.75, 3.05) is 27.7 Å². The van der Waals surface area contributed by atoms with Crippen LogP contribution in [0.5, 0.6) is 0 Å². The van der Waals surface area contributed by atoms with Gasteiger partial charge in [0, 0.05) is 12.4 Å². The molecule has 8 nitrogen and oxygen atoms in total. The standard InChI is InChI=1S/C7H15NO3.H3O4P/c1-8(2,3)5-6(9)4-7(10)11;1-5(2,3)4/h6,9H,4-5H2,1-3H3;(H3,1,2,3,4)/t6-;/m1./s1. The number of hydrogen-bond donors (Lipinski definition) is 4. The number of aliphatic hydroxyl groups excluding tert-OH is 1. The van der Waals surface area contributed by atoms with Crippen LogP contribution in [-0.4, -0.2) is 64.0 Å². The molecule has 0 aliphatic rings. The lowest BCUT2D eigenvalue weighted by atomic mass is 10.2. The van der Waals surface area contributed by atoms with Crippen molar-refractivity contribution in [3.8, 4) is 0 Å². The van der Waals surface area contributed by atoms with Crippen molar-refractivity contribution in [1.29, 1.82) is 0 Å². The van der Waals surface area contributed by atoms with Gasteiger partial charge in [0.1, 0.15) is 12.6 Å². The average molecular weight is 259 g/mol. The van der Waals surface area contributed by atoms with E-state index in [1.165, 1.54) is 0 Å². The molecule has 0 heterocycles. The molecule has 0 aromatic heterocycles. The first-order valence-corrected chi connectivity index (χ1v) is 5.84. The van der Waals surface area contributed by atoms with E-state index in [0.717, 1.165) is 0 Å². The summed E-state index contributed by atoms with van der Waals surface area (Å²) in [4.78, 5) is 31.6. The van der Waals surface area contributed by atoms with Crippen LogP contribution < -0.4 is 5.11 Å². The van der Waals surface area contributed by atoms with E-state index in [4.69, 9.17) is 24.4 Å². The maximum atomic E-state index is 10.0. The molecule has 0 radical (unpaired) electrons. The highest BCUT2D eigenvalue weighted by Crippen LogP contribution is 2.25. The van der Waals surface area contributed by atoms with Crippen molar-refractivity contribution in [2.24, 2.45) is 0 Å². The molecule has 9 heteroatoms. The van der Waals surface area contributed by atoms with Crippen LogP contribution in [0.3, 0.4) is 0 Å². The Morgan fingerprint density at radius 1 is 1.31 bits per heavy atom. The summed E-state index contributed by atoms with van der Waals surface area (Å²) in [6.45, 7) is 0.425. The van der Waals surface area contributed by atoms with E-state index in [1.807, 2.05) is 21.1 Å². The lowest BCUT2D eigenvalue weighted by Gasteiger charge is -2.26. The van der Waals surface area contributed by atoms with Crippen LogP contribution in [0.1, 0.15) is 6.42 Å².